The summed E-state index contributed by atoms with van der Waals surface area (Å²) >= 11 is 0. The van der Waals surface area contributed by atoms with Crippen molar-refractivity contribution in [2.75, 3.05) is 0 Å². The Hall–Kier alpha value is -1.84. The highest BCUT2D eigenvalue weighted by atomic mass is 15.6. The van der Waals surface area contributed by atoms with Crippen LogP contribution in [0.25, 0.3) is 11.0 Å². The molecule has 2 aromatic heterocycles. The fraction of sp³-hybridized carbons (Fsp3) is 0. The maximum Gasteiger partial charge on any atom is 0.226 e. The maximum absolute atomic E-state index is 4.29. The minimum absolute atomic E-state index is 0.964. The summed E-state index contributed by atoms with van der Waals surface area (Å²) in [5, 5.41) is 8.42. The van der Waals surface area contributed by atoms with E-state index >= 15 is 0 Å². The van der Waals surface area contributed by atoms with Crippen LogP contribution in [0, 0.1) is 0 Å². The van der Waals surface area contributed by atoms with E-state index in [0.717, 1.165) is 11.0 Å². The summed E-state index contributed by atoms with van der Waals surface area (Å²) in [6.07, 6.45) is 3.54. The average molecular weight is 158 g/mol. The third-order valence-electron chi connectivity index (χ3n) is 1.88. The van der Waals surface area contributed by atoms with Gasteiger partial charge in [0.2, 0.25) is 5.52 Å². The molecule has 0 aliphatic rings. The summed E-state index contributed by atoms with van der Waals surface area (Å²) in [4.78, 5) is 0. The molecule has 1 aromatic carbocycles. The van der Waals surface area contributed by atoms with E-state index in [0.29, 0.717) is 0 Å². The van der Waals surface area contributed by atoms with E-state index in [9.17, 15) is 0 Å². The summed E-state index contributed by atoms with van der Waals surface area (Å²) in [6.45, 7) is 0. The van der Waals surface area contributed by atoms with Crippen molar-refractivity contribution in [2.45, 2.75) is 0 Å². The molecule has 3 aromatic rings. The van der Waals surface area contributed by atoms with Crippen molar-refractivity contribution in [3.05, 3.63) is 36.7 Å². The van der Waals surface area contributed by atoms with E-state index < -0.39 is 0 Å². The molecule has 3 rings (SSSR count). The molecule has 0 atom stereocenters. The normalized spacial score (nSPS) is 11.3. The number of para-hydroxylation sites is 1. The van der Waals surface area contributed by atoms with Crippen LogP contribution in [0.1, 0.15) is 0 Å². The van der Waals surface area contributed by atoms with Crippen molar-refractivity contribution in [1.82, 2.24) is 14.8 Å². The molecular formula is C8H6N4. The molecule has 58 valence electrons. The molecule has 0 N–H and O–H groups in total. The lowest BCUT2D eigenvalue weighted by atomic mass is 10.3. The average Bonchev–Trinajstić information content (AvgIpc) is 2.62. The Kier molecular flexibility index (Phi) is 0.889. The van der Waals surface area contributed by atoms with Gasteiger partial charge in [0.1, 0.15) is 0 Å². The van der Waals surface area contributed by atoms with E-state index in [1.165, 1.54) is 0 Å². The van der Waals surface area contributed by atoms with Crippen LogP contribution in [-0.4, -0.2) is 9.73 Å². The van der Waals surface area contributed by atoms with Crippen LogP contribution in [0.2, 0.25) is 0 Å². The number of fused-ring (bicyclic) bond motifs is 3. The van der Waals surface area contributed by atoms with Gasteiger partial charge in [-0.2, -0.15) is 4.63 Å². The van der Waals surface area contributed by atoms with Gasteiger partial charge in [0, 0.05) is 6.20 Å². The summed E-state index contributed by atoms with van der Waals surface area (Å²) in [5.41, 5.74) is 1.99. The van der Waals surface area contributed by atoms with Crippen molar-refractivity contribution < 1.29 is 4.63 Å². The zero-order chi connectivity index (χ0) is 7.97. The Labute approximate surface area is 68.0 Å². The lowest BCUT2D eigenvalue weighted by molar-refractivity contribution is -0.657. The molecule has 0 aliphatic heterocycles. The van der Waals surface area contributed by atoms with Gasteiger partial charge in [0.15, 0.2) is 5.52 Å². The number of nitrogens with zero attached hydrogens (tertiary/aromatic N) is 4. The topological polar surface area (TPSA) is 35.5 Å². The SMILES string of the molecule is c1ccc2c(c1)nn1cc[n-][n+]21. The van der Waals surface area contributed by atoms with E-state index in [2.05, 4.69) is 10.2 Å². The molecule has 0 aliphatic carbocycles. The van der Waals surface area contributed by atoms with Gasteiger partial charge in [0.05, 0.1) is 0 Å². The zero-order valence-electron chi connectivity index (χ0n) is 6.25. The molecule has 0 saturated carbocycles. The molecule has 0 amide bonds. The smallest absolute Gasteiger partial charge is 0.226 e. The second kappa shape index (κ2) is 1.85. The van der Waals surface area contributed by atoms with Gasteiger partial charge in [-0.3, -0.25) is 5.10 Å². The summed E-state index contributed by atoms with van der Waals surface area (Å²) in [6, 6.07) is 7.91. The third-order valence-corrected chi connectivity index (χ3v) is 1.88. The Morgan fingerprint density at radius 2 is 2.25 bits per heavy atom. The Balaban J connectivity index is 2.68. The van der Waals surface area contributed by atoms with Crippen LogP contribution in [0.5, 0.6) is 0 Å². The number of rotatable bonds is 0. The van der Waals surface area contributed by atoms with Crippen LogP contribution < -0.4 is 9.73 Å². The van der Waals surface area contributed by atoms with Gasteiger partial charge >= 0.3 is 0 Å². The first-order chi connectivity index (χ1) is 5.95. The third kappa shape index (κ3) is 0.567. The predicted octanol–water partition coefficient (Wildman–Crippen LogP) is 0.0302. The molecule has 4 heteroatoms. The first kappa shape index (κ1) is 5.77. The highest BCUT2D eigenvalue weighted by molar-refractivity contribution is 5.69. The van der Waals surface area contributed by atoms with Crippen molar-refractivity contribution >= 4 is 11.0 Å². The van der Waals surface area contributed by atoms with Crippen LogP contribution in [0.3, 0.4) is 0 Å². The van der Waals surface area contributed by atoms with Gasteiger partial charge in [-0.05, 0) is 23.4 Å². The van der Waals surface area contributed by atoms with E-state index in [1.807, 2.05) is 30.5 Å². The molecule has 0 saturated heterocycles. The minimum atomic E-state index is 0.964. The van der Waals surface area contributed by atoms with Crippen molar-refractivity contribution in [2.24, 2.45) is 0 Å². The molecular weight excluding hydrogens is 152 g/mol. The number of aromatic nitrogens is 4. The Morgan fingerprint density at radius 3 is 3.25 bits per heavy atom. The van der Waals surface area contributed by atoms with Crippen LogP contribution in [0.15, 0.2) is 36.7 Å². The van der Waals surface area contributed by atoms with Crippen LogP contribution in [0.4, 0.5) is 0 Å². The van der Waals surface area contributed by atoms with Crippen molar-refractivity contribution in [1.29, 1.82) is 0 Å². The fourth-order valence-electron chi connectivity index (χ4n) is 1.35. The van der Waals surface area contributed by atoms with Crippen LogP contribution in [-0.2, 0) is 0 Å². The van der Waals surface area contributed by atoms with E-state index in [-0.39, 0.29) is 0 Å². The standard InChI is InChI=1S/C8H6N4/c1-2-4-8-7(3-1)10-11-6-5-9-12(8)11/h1-6H. The molecule has 0 bridgehead atoms. The van der Waals surface area contributed by atoms with E-state index in [1.54, 1.807) is 15.5 Å². The highest BCUT2D eigenvalue weighted by Gasteiger charge is 2.05. The van der Waals surface area contributed by atoms with Crippen molar-refractivity contribution in [3.8, 4) is 0 Å². The molecule has 0 radical (unpaired) electrons. The fourth-order valence-corrected chi connectivity index (χ4v) is 1.35. The highest BCUT2D eigenvalue weighted by Crippen LogP contribution is 2.03. The second-order valence-electron chi connectivity index (χ2n) is 2.61. The summed E-state index contributed by atoms with van der Waals surface area (Å²) < 4.78 is 3.47. The molecule has 0 fully saturated rings. The lowest BCUT2D eigenvalue weighted by Gasteiger charge is -1.83. The number of benzene rings is 1. The number of hydrogen-bond acceptors (Lipinski definition) is 1. The maximum atomic E-state index is 4.29. The largest absolute Gasteiger partial charge is 0.279 e. The number of hydrogen-bond donors (Lipinski definition) is 0. The summed E-state index contributed by atoms with van der Waals surface area (Å²) in [5.74, 6) is 0. The molecule has 4 nitrogen and oxygen atoms in total. The monoisotopic (exact) mass is 158 g/mol. The first-order valence-electron chi connectivity index (χ1n) is 3.72. The van der Waals surface area contributed by atoms with Gasteiger partial charge in [0.25, 0.3) is 0 Å². The van der Waals surface area contributed by atoms with E-state index in [4.69, 9.17) is 0 Å². The quantitative estimate of drug-likeness (QED) is 0.433. The minimum Gasteiger partial charge on any atom is -0.279 e. The zero-order valence-corrected chi connectivity index (χ0v) is 6.25. The molecule has 0 unspecified atom stereocenters. The van der Waals surface area contributed by atoms with Crippen molar-refractivity contribution in [3.63, 3.8) is 0 Å². The molecule has 0 spiro atoms. The lowest BCUT2D eigenvalue weighted by Crippen LogP contribution is -2.30. The Morgan fingerprint density at radius 1 is 1.33 bits per heavy atom. The van der Waals surface area contributed by atoms with Gasteiger partial charge in [-0.25, -0.2) is 0 Å². The van der Waals surface area contributed by atoms with Gasteiger partial charge in [-0.1, -0.05) is 12.1 Å². The van der Waals surface area contributed by atoms with Crippen LogP contribution >= 0.6 is 0 Å². The Bertz CT molecular complexity index is 533. The molecule has 12 heavy (non-hydrogen) atoms. The first-order valence-corrected chi connectivity index (χ1v) is 3.72. The van der Waals surface area contributed by atoms with Gasteiger partial charge in [-0.15, -0.1) is 4.63 Å². The predicted molar refractivity (Wildman–Crippen MR) is 41.7 cm³/mol. The van der Waals surface area contributed by atoms with Gasteiger partial charge < -0.3 is 0 Å². The second-order valence-corrected chi connectivity index (χ2v) is 2.61. The molecule has 2 heterocycles. The summed E-state index contributed by atoms with van der Waals surface area (Å²) in [7, 11) is 0.